The Balaban J connectivity index is 1.47. The third-order valence-corrected chi connectivity index (χ3v) is 8.37. The minimum absolute atomic E-state index is 0.107. The van der Waals surface area contributed by atoms with E-state index in [0.29, 0.717) is 11.3 Å². The molecule has 0 amide bonds. The average Bonchev–Trinajstić information content (AvgIpc) is 3.10. The van der Waals surface area contributed by atoms with Crippen LogP contribution in [0.3, 0.4) is 0 Å². The molecule has 5 rings (SSSR count). The zero-order chi connectivity index (χ0) is 17.9. The van der Waals surface area contributed by atoms with Crippen molar-refractivity contribution in [2.24, 2.45) is 35.0 Å². The Morgan fingerprint density at radius 1 is 1.19 bits per heavy atom. The molecule has 0 aromatic carbocycles. The topological polar surface area (TPSA) is 33.1 Å². The Kier molecular flexibility index (Phi) is 3.90. The summed E-state index contributed by atoms with van der Waals surface area (Å²) in [6, 6.07) is 4.31. The van der Waals surface area contributed by atoms with Gasteiger partial charge in [-0.2, -0.15) is 0 Å². The van der Waals surface area contributed by atoms with Crippen LogP contribution in [0, 0.1) is 35.0 Å². The van der Waals surface area contributed by atoms with Gasteiger partial charge in [0.2, 0.25) is 0 Å². The highest BCUT2D eigenvalue weighted by Gasteiger charge is 2.54. The molecule has 0 radical (unpaired) electrons. The Hall–Kier alpha value is -1.41. The SMILES string of the molecule is CC1CC2C(CC=C3CC(O)CCC32C)C2CC=C(c3cccnc3)C12. The summed E-state index contributed by atoms with van der Waals surface area (Å²) < 4.78 is 0. The Bertz CT molecular complexity index is 751. The first-order valence-electron chi connectivity index (χ1n) is 10.6. The molecule has 4 aliphatic rings. The number of aliphatic hydroxyl groups is 1. The number of allylic oxidation sites excluding steroid dienone is 3. The summed E-state index contributed by atoms with van der Waals surface area (Å²) in [5, 5.41) is 10.2. The smallest absolute Gasteiger partial charge is 0.0577 e. The zero-order valence-corrected chi connectivity index (χ0v) is 16.1. The first-order valence-corrected chi connectivity index (χ1v) is 10.6. The molecule has 1 heterocycles. The number of hydrogen-bond donors (Lipinski definition) is 1. The number of aromatic nitrogens is 1. The van der Waals surface area contributed by atoms with Gasteiger partial charge in [-0.1, -0.05) is 37.6 Å². The van der Waals surface area contributed by atoms with Crippen LogP contribution in [-0.4, -0.2) is 16.2 Å². The van der Waals surface area contributed by atoms with E-state index >= 15 is 0 Å². The van der Waals surface area contributed by atoms with Crippen LogP contribution in [0.15, 0.2) is 42.3 Å². The van der Waals surface area contributed by atoms with Gasteiger partial charge in [-0.3, -0.25) is 4.98 Å². The molecule has 7 atom stereocenters. The van der Waals surface area contributed by atoms with Crippen molar-refractivity contribution in [1.29, 1.82) is 0 Å². The van der Waals surface area contributed by atoms with Gasteiger partial charge in [-0.15, -0.1) is 0 Å². The minimum atomic E-state index is -0.107. The van der Waals surface area contributed by atoms with Crippen molar-refractivity contribution in [2.75, 3.05) is 0 Å². The van der Waals surface area contributed by atoms with E-state index in [9.17, 15) is 5.11 Å². The van der Waals surface area contributed by atoms with E-state index in [2.05, 4.69) is 49.3 Å². The van der Waals surface area contributed by atoms with Crippen molar-refractivity contribution in [3.05, 3.63) is 47.8 Å². The summed E-state index contributed by atoms with van der Waals surface area (Å²) in [5.74, 6) is 3.84. The Labute approximate surface area is 157 Å². The highest BCUT2D eigenvalue weighted by molar-refractivity contribution is 5.69. The van der Waals surface area contributed by atoms with Gasteiger partial charge >= 0.3 is 0 Å². The van der Waals surface area contributed by atoms with Crippen LogP contribution in [0.5, 0.6) is 0 Å². The third kappa shape index (κ3) is 2.37. The first-order chi connectivity index (χ1) is 12.6. The molecule has 2 heteroatoms. The van der Waals surface area contributed by atoms with E-state index in [1.165, 1.54) is 31.2 Å². The minimum Gasteiger partial charge on any atom is -0.393 e. The maximum atomic E-state index is 10.2. The van der Waals surface area contributed by atoms with Gasteiger partial charge in [-0.05, 0) is 90.7 Å². The number of fused-ring (bicyclic) bond motifs is 5. The molecule has 1 N–H and O–H groups in total. The summed E-state index contributed by atoms with van der Waals surface area (Å²) in [6.45, 7) is 5.00. The van der Waals surface area contributed by atoms with E-state index in [1.807, 2.05) is 6.20 Å². The second-order valence-corrected chi connectivity index (χ2v) is 9.59. The van der Waals surface area contributed by atoms with Gasteiger partial charge in [0, 0.05) is 12.4 Å². The van der Waals surface area contributed by atoms with Gasteiger partial charge < -0.3 is 5.11 Å². The van der Waals surface area contributed by atoms with Crippen LogP contribution in [-0.2, 0) is 0 Å². The van der Waals surface area contributed by atoms with Crippen molar-refractivity contribution in [3.63, 3.8) is 0 Å². The number of aliphatic hydroxyl groups excluding tert-OH is 1. The van der Waals surface area contributed by atoms with E-state index < -0.39 is 0 Å². The van der Waals surface area contributed by atoms with Crippen LogP contribution >= 0.6 is 0 Å². The van der Waals surface area contributed by atoms with Gasteiger partial charge in [0.15, 0.2) is 0 Å². The normalized spacial score (nSPS) is 44.4. The monoisotopic (exact) mass is 349 g/mol. The molecular weight excluding hydrogens is 318 g/mol. The zero-order valence-electron chi connectivity index (χ0n) is 16.1. The fourth-order valence-electron chi connectivity index (χ4n) is 7.12. The van der Waals surface area contributed by atoms with Crippen LogP contribution < -0.4 is 0 Å². The average molecular weight is 350 g/mol. The lowest BCUT2D eigenvalue weighted by atomic mass is 9.48. The van der Waals surface area contributed by atoms with Gasteiger partial charge in [0.1, 0.15) is 0 Å². The highest BCUT2D eigenvalue weighted by atomic mass is 16.3. The molecule has 1 aromatic heterocycles. The molecule has 0 spiro atoms. The summed E-state index contributed by atoms with van der Waals surface area (Å²) in [7, 11) is 0. The summed E-state index contributed by atoms with van der Waals surface area (Å²) in [4.78, 5) is 4.37. The second kappa shape index (κ2) is 6.05. The molecule has 2 nitrogen and oxygen atoms in total. The number of hydrogen-bond acceptors (Lipinski definition) is 2. The number of nitrogens with zero attached hydrogens (tertiary/aromatic N) is 1. The van der Waals surface area contributed by atoms with Crippen LogP contribution in [0.1, 0.15) is 57.9 Å². The van der Waals surface area contributed by atoms with Crippen LogP contribution in [0.2, 0.25) is 0 Å². The maximum absolute atomic E-state index is 10.2. The van der Waals surface area contributed by atoms with Crippen molar-refractivity contribution < 1.29 is 5.11 Å². The molecule has 0 bridgehead atoms. The molecule has 26 heavy (non-hydrogen) atoms. The third-order valence-electron chi connectivity index (χ3n) is 8.37. The van der Waals surface area contributed by atoms with E-state index in [-0.39, 0.29) is 6.10 Å². The number of pyridine rings is 1. The summed E-state index contributed by atoms with van der Waals surface area (Å²) in [6.07, 6.45) is 15.8. The standard InChI is InChI=1S/C24H31NO/c1-15-12-22-20(6-5-17-13-18(26)9-10-24(17,22)2)21-8-7-19(23(15)21)16-4-3-11-25-14-16/h3-5,7,11,14-15,18,20-23,26H,6,8-10,12-13H2,1-2H3. The molecule has 138 valence electrons. The van der Waals surface area contributed by atoms with Crippen molar-refractivity contribution >= 4 is 5.57 Å². The molecule has 7 unspecified atom stereocenters. The van der Waals surface area contributed by atoms with E-state index in [4.69, 9.17) is 0 Å². The second-order valence-electron chi connectivity index (χ2n) is 9.59. The quantitative estimate of drug-likeness (QED) is 0.702. The fraction of sp³-hybridized carbons (Fsp3) is 0.625. The van der Waals surface area contributed by atoms with Crippen molar-refractivity contribution in [2.45, 2.75) is 58.5 Å². The van der Waals surface area contributed by atoms with Crippen molar-refractivity contribution in [1.82, 2.24) is 4.98 Å². The van der Waals surface area contributed by atoms with Crippen molar-refractivity contribution in [3.8, 4) is 0 Å². The first kappa shape index (κ1) is 16.7. The predicted molar refractivity (Wildman–Crippen MR) is 105 cm³/mol. The Morgan fingerprint density at radius 2 is 2.04 bits per heavy atom. The Morgan fingerprint density at radius 3 is 2.85 bits per heavy atom. The van der Waals surface area contributed by atoms with Crippen LogP contribution in [0.4, 0.5) is 0 Å². The lowest BCUT2D eigenvalue weighted by Gasteiger charge is -2.56. The largest absolute Gasteiger partial charge is 0.393 e. The highest BCUT2D eigenvalue weighted by Crippen LogP contribution is 2.63. The number of rotatable bonds is 1. The lowest BCUT2D eigenvalue weighted by molar-refractivity contribution is -0.0196. The lowest BCUT2D eigenvalue weighted by Crippen LogP contribution is -2.49. The molecule has 4 aliphatic carbocycles. The predicted octanol–water partition coefficient (Wildman–Crippen LogP) is 5.25. The fourth-order valence-corrected chi connectivity index (χ4v) is 7.12. The van der Waals surface area contributed by atoms with E-state index in [1.54, 1.807) is 11.1 Å². The van der Waals surface area contributed by atoms with E-state index in [0.717, 1.165) is 36.5 Å². The molecule has 1 aromatic rings. The molecular formula is C24H31NO. The van der Waals surface area contributed by atoms with Gasteiger partial charge in [-0.25, -0.2) is 0 Å². The van der Waals surface area contributed by atoms with Gasteiger partial charge in [0.25, 0.3) is 0 Å². The van der Waals surface area contributed by atoms with Gasteiger partial charge in [0.05, 0.1) is 6.10 Å². The molecule has 0 saturated heterocycles. The molecule has 2 fully saturated rings. The summed E-state index contributed by atoms with van der Waals surface area (Å²) >= 11 is 0. The molecule has 0 aliphatic heterocycles. The molecule has 2 saturated carbocycles. The van der Waals surface area contributed by atoms with Crippen LogP contribution in [0.25, 0.3) is 5.57 Å². The summed E-state index contributed by atoms with van der Waals surface area (Å²) in [5.41, 5.74) is 4.80. The maximum Gasteiger partial charge on any atom is 0.0577 e.